The number of anilines is 1. The van der Waals surface area contributed by atoms with Gasteiger partial charge in [0.2, 0.25) is 17.7 Å². The molecule has 2 rings (SSSR count). The Morgan fingerprint density at radius 2 is 2.00 bits per heavy atom. The van der Waals surface area contributed by atoms with Crippen molar-refractivity contribution in [3.05, 3.63) is 29.8 Å². The zero-order valence-corrected chi connectivity index (χ0v) is 17.3. The topological polar surface area (TPSA) is 125 Å². The van der Waals surface area contributed by atoms with Gasteiger partial charge in [-0.05, 0) is 24.8 Å². The quantitative estimate of drug-likeness (QED) is 0.561. The number of nitrogens with two attached hydrogens (primary N) is 1. The number of halogens is 2. The Labute approximate surface area is 176 Å². The zero-order chi connectivity index (χ0) is 22.4. The van der Waals surface area contributed by atoms with E-state index in [1.165, 1.54) is 23.7 Å². The molecule has 1 aromatic rings. The van der Waals surface area contributed by atoms with E-state index in [-0.39, 0.29) is 36.9 Å². The summed E-state index contributed by atoms with van der Waals surface area (Å²) in [6, 6.07) is 0.0395. The van der Waals surface area contributed by atoms with Gasteiger partial charge in [-0.15, -0.1) is 0 Å². The van der Waals surface area contributed by atoms with Gasteiger partial charge in [0.1, 0.15) is 17.7 Å². The number of carbonyl (C=O) groups is 4. The lowest BCUT2D eigenvalue weighted by molar-refractivity contribution is -0.143. The summed E-state index contributed by atoms with van der Waals surface area (Å²) in [4.78, 5) is 51.3. The van der Waals surface area contributed by atoms with Crippen LogP contribution in [-0.2, 0) is 14.4 Å². The SMILES string of the molecule is CSCC(=O)N1CCC(NC(=O)Nc2ccc(F)cc2F)C1C(=O)N(C)CC(N)=O. The van der Waals surface area contributed by atoms with Crippen LogP contribution in [0, 0.1) is 11.6 Å². The summed E-state index contributed by atoms with van der Waals surface area (Å²) in [6.07, 6.45) is 2.02. The molecule has 2 atom stereocenters. The minimum absolute atomic E-state index is 0.142. The van der Waals surface area contributed by atoms with Crippen LogP contribution in [-0.4, -0.2) is 77.8 Å². The van der Waals surface area contributed by atoms with Crippen molar-refractivity contribution in [2.45, 2.75) is 18.5 Å². The van der Waals surface area contributed by atoms with Crippen molar-refractivity contribution in [1.29, 1.82) is 0 Å². The van der Waals surface area contributed by atoms with Crippen LogP contribution < -0.4 is 16.4 Å². The maximum Gasteiger partial charge on any atom is 0.319 e. The van der Waals surface area contributed by atoms with Crippen molar-refractivity contribution < 1.29 is 28.0 Å². The molecule has 1 fully saturated rings. The molecule has 1 heterocycles. The molecule has 0 bridgehead atoms. The molecule has 0 radical (unpaired) electrons. The number of likely N-dealkylation sites (tertiary alicyclic amines) is 1. The molecule has 30 heavy (non-hydrogen) atoms. The first-order valence-corrected chi connectivity index (χ1v) is 10.4. The standard InChI is InChI=1S/C18H23F2N5O4S/c1-24(8-14(21)26)17(28)16-13(5-6-25(16)15(27)9-30-2)23-18(29)22-12-4-3-10(19)7-11(12)20/h3-4,7,13,16H,5-6,8-9H2,1-2H3,(H2,21,26)(H2,22,23,29). The van der Waals surface area contributed by atoms with Gasteiger partial charge < -0.3 is 26.2 Å². The number of rotatable bonds is 7. The van der Waals surface area contributed by atoms with E-state index in [1.54, 1.807) is 6.26 Å². The molecular weight excluding hydrogens is 420 g/mol. The van der Waals surface area contributed by atoms with Crippen molar-refractivity contribution in [2.24, 2.45) is 5.73 Å². The molecule has 9 nitrogen and oxygen atoms in total. The van der Waals surface area contributed by atoms with Crippen molar-refractivity contribution in [3.63, 3.8) is 0 Å². The normalized spacial score (nSPS) is 18.1. The Morgan fingerprint density at radius 3 is 2.60 bits per heavy atom. The van der Waals surface area contributed by atoms with E-state index in [9.17, 15) is 28.0 Å². The van der Waals surface area contributed by atoms with Gasteiger partial charge in [0.15, 0.2) is 0 Å². The predicted molar refractivity (Wildman–Crippen MR) is 108 cm³/mol. The zero-order valence-electron chi connectivity index (χ0n) is 16.5. The van der Waals surface area contributed by atoms with E-state index in [1.807, 2.05) is 0 Å². The van der Waals surface area contributed by atoms with Gasteiger partial charge in [-0.3, -0.25) is 14.4 Å². The van der Waals surface area contributed by atoms with Gasteiger partial charge >= 0.3 is 6.03 Å². The average molecular weight is 443 g/mol. The lowest BCUT2D eigenvalue weighted by Crippen LogP contribution is -2.56. The van der Waals surface area contributed by atoms with E-state index in [4.69, 9.17) is 5.73 Å². The fraction of sp³-hybridized carbons (Fsp3) is 0.444. The number of nitrogens with one attached hydrogen (secondary N) is 2. The van der Waals surface area contributed by atoms with Gasteiger partial charge in [0.05, 0.1) is 24.0 Å². The number of benzene rings is 1. The summed E-state index contributed by atoms with van der Waals surface area (Å²) in [5.74, 6) is -3.17. The molecule has 4 N–H and O–H groups in total. The molecule has 0 aromatic heterocycles. The van der Waals surface area contributed by atoms with Crippen molar-refractivity contribution >= 4 is 41.2 Å². The van der Waals surface area contributed by atoms with E-state index in [2.05, 4.69) is 10.6 Å². The first-order chi connectivity index (χ1) is 14.1. The smallest absolute Gasteiger partial charge is 0.319 e. The second kappa shape index (κ2) is 10.2. The van der Waals surface area contributed by atoms with Crippen LogP contribution >= 0.6 is 11.8 Å². The maximum atomic E-state index is 13.8. The van der Waals surface area contributed by atoms with E-state index >= 15 is 0 Å². The highest BCUT2D eigenvalue weighted by molar-refractivity contribution is 7.99. The number of carbonyl (C=O) groups excluding carboxylic acids is 4. The van der Waals surface area contributed by atoms with Crippen LogP contribution in [0.2, 0.25) is 0 Å². The third kappa shape index (κ3) is 5.81. The summed E-state index contributed by atoms with van der Waals surface area (Å²) in [6.45, 7) is -0.129. The van der Waals surface area contributed by atoms with Crippen LogP contribution in [0.1, 0.15) is 6.42 Å². The first kappa shape index (κ1) is 23.4. The summed E-state index contributed by atoms with van der Waals surface area (Å²) >= 11 is 1.29. The fourth-order valence-electron chi connectivity index (χ4n) is 3.19. The van der Waals surface area contributed by atoms with Crippen LogP contribution in [0.15, 0.2) is 18.2 Å². The van der Waals surface area contributed by atoms with Gasteiger partial charge in [0.25, 0.3) is 0 Å². The highest BCUT2D eigenvalue weighted by Crippen LogP contribution is 2.22. The number of hydrogen-bond acceptors (Lipinski definition) is 5. The molecule has 164 valence electrons. The number of thioether (sulfide) groups is 1. The molecule has 12 heteroatoms. The highest BCUT2D eigenvalue weighted by atomic mass is 32.2. The first-order valence-electron chi connectivity index (χ1n) is 8.98. The molecule has 5 amide bonds. The van der Waals surface area contributed by atoms with Gasteiger partial charge in [-0.1, -0.05) is 0 Å². The van der Waals surface area contributed by atoms with Gasteiger partial charge in [-0.2, -0.15) is 11.8 Å². The molecule has 0 aliphatic carbocycles. The number of primary amides is 1. The number of amides is 5. The van der Waals surface area contributed by atoms with Gasteiger partial charge in [0, 0.05) is 19.7 Å². The molecule has 0 saturated carbocycles. The van der Waals surface area contributed by atoms with Crippen molar-refractivity contribution in [3.8, 4) is 0 Å². The third-order valence-electron chi connectivity index (χ3n) is 4.50. The molecular formula is C18H23F2N5O4S. The molecule has 2 unspecified atom stereocenters. The van der Waals surface area contributed by atoms with E-state index in [0.29, 0.717) is 6.07 Å². The van der Waals surface area contributed by atoms with E-state index in [0.717, 1.165) is 17.0 Å². The largest absolute Gasteiger partial charge is 0.368 e. The summed E-state index contributed by atoms with van der Waals surface area (Å²) in [7, 11) is 1.37. The van der Waals surface area contributed by atoms with E-state index < -0.39 is 41.6 Å². The molecule has 0 spiro atoms. The van der Waals surface area contributed by atoms with Crippen LogP contribution in [0.3, 0.4) is 0 Å². The lowest BCUT2D eigenvalue weighted by atomic mass is 10.1. The Balaban J connectivity index is 2.16. The lowest BCUT2D eigenvalue weighted by Gasteiger charge is -2.30. The minimum atomic E-state index is -1.04. The summed E-state index contributed by atoms with van der Waals surface area (Å²) < 4.78 is 26.8. The van der Waals surface area contributed by atoms with Crippen molar-refractivity contribution in [2.75, 3.05) is 37.5 Å². The second-order valence-corrected chi connectivity index (χ2v) is 7.61. The molecule has 1 aromatic carbocycles. The summed E-state index contributed by atoms with van der Waals surface area (Å²) in [5, 5.41) is 4.82. The Morgan fingerprint density at radius 1 is 1.30 bits per heavy atom. The number of urea groups is 1. The number of likely N-dealkylation sites (N-methyl/N-ethyl adjacent to an activating group) is 1. The van der Waals surface area contributed by atoms with Crippen LogP contribution in [0.25, 0.3) is 0 Å². The molecule has 1 saturated heterocycles. The number of nitrogens with zero attached hydrogens (tertiary/aromatic N) is 2. The molecule has 1 aliphatic rings. The van der Waals surface area contributed by atoms with Crippen molar-refractivity contribution in [1.82, 2.24) is 15.1 Å². The second-order valence-electron chi connectivity index (χ2n) is 6.74. The van der Waals surface area contributed by atoms with Gasteiger partial charge in [-0.25, -0.2) is 13.6 Å². The fourth-order valence-corrected chi connectivity index (χ4v) is 3.60. The molecule has 1 aliphatic heterocycles. The average Bonchev–Trinajstić information content (AvgIpc) is 3.06. The number of hydrogen-bond donors (Lipinski definition) is 3. The van der Waals surface area contributed by atoms with Crippen LogP contribution in [0.5, 0.6) is 0 Å². The van der Waals surface area contributed by atoms with Crippen LogP contribution in [0.4, 0.5) is 19.3 Å². The highest BCUT2D eigenvalue weighted by Gasteiger charge is 2.43. The monoisotopic (exact) mass is 443 g/mol. The maximum absolute atomic E-state index is 13.8. The minimum Gasteiger partial charge on any atom is -0.368 e. The summed E-state index contributed by atoms with van der Waals surface area (Å²) in [5.41, 5.74) is 4.90. The predicted octanol–water partition coefficient (Wildman–Crippen LogP) is 0.363. The Hall–Kier alpha value is -2.89. The third-order valence-corrected chi connectivity index (χ3v) is 5.04. The Kier molecular flexibility index (Phi) is 7.98. The Bertz CT molecular complexity index is 841.